The first-order valence-corrected chi connectivity index (χ1v) is 6.25. The fraction of sp³-hybridized carbons (Fsp3) is 0.429. The van der Waals surface area contributed by atoms with E-state index in [1.165, 1.54) is 7.11 Å². The molecule has 1 saturated heterocycles. The summed E-state index contributed by atoms with van der Waals surface area (Å²) < 4.78 is 9.81. The van der Waals surface area contributed by atoms with Crippen LogP contribution in [-0.2, 0) is 20.9 Å². The van der Waals surface area contributed by atoms with Crippen molar-refractivity contribution in [2.45, 2.75) is 25.5 Å². The molecule has 1 aromatic carbocycles. The van der Waals surface area contributed by atoms with Gasteiger partial charge in [0.2, 0.25) is 0 Å². The molecule has 2 rings (SSSR count). The van der Waals surface area contributed by atoms with E-state index in [0.29, 0.717) is 6.54 Å². The van der Waals surface area contributed by atoms with Crippen LogP contribution in [0.25, 0.3) is 0 Å². The lowest BCUT2D eigenvalue weighted by molar-refractivity contribution is -0.142. The van der Waals surface area contributed by atoms with Gasteiger partial charge in [0.25, 0.3) is 0 Å². The summed E-state index contributed by atoms with van der Waals surface area (Å²) in [5.74, 6) is -0.300. The average molecular weight is 263 g/mol. The first kappa shape index (κ1) is 13.4. The number of methoxy groups -OCH3 is 1. The van der Waals surface area contributed by atoms with Crippen LogP contribution in [0.1, 0.15) is 18.4 Å². The second-order valence-corrected chi connectivity index (χ2v) is 4.46. The van der Waals surface area contributed by atoms with Crippen LogP contribution in [0.3, 0.4) is 0 Å². The van der Waals surface area contributed by atoms with E-state index < -0.39 is 0 Å². The first-order chi connectivity index (χ1) is 9.20. The molecule has 5 nitrogen and oxygen atoms in total. The Morgan fingerprint density at radius 1 is 1.32 bits per heavy atom. The summed E-state index contributed by atoms with van der Waals surface area (Å²) in [6.07, 6.45) is 0.677. The summed E-state index contributed by atoms with van der Waals surface area (Å²) in [4.78, 5) is 24.6. The van der Waals surface area contributed by atoms with E-state index in [1.54, 1.807) is 4.90 Å². The third kappa shape index (κ3) is 3.47. The van der Waals surface area contributed by atoms with Gasteiger partial charge in [-0.2, -0.15) is 0 Å². The van der Waals surface area contributed by atoms with Gasteiger partial charge in [-0.1, -0.05) is 30.3 Å². The summed E-state index contributed by atoms with van der Waals surface area (Å²) in [5, 5.41) is 0. The van der Waals surface area contributed by atoms with E-state index in [9.17, 15) is 9.59 Å². The van der Waals surface area contributed by atoms with Gasteiger partial charge in [-0.25, -0.2) is 4.79 Å². The van der Waals surface area contributed by atoms with E-state index in [0.717, 1.165) is 12.0 Å². The number of likely N-dealkylation sites (tertiary alicyclic amines) is 1. The minimum absolute atomic E-state index is 0.0873. The van der Waals surface area contributed by atoms with Gasteiger partial charge in [0, 0.05) is 12.6 Å². The third-order valence-electron chi connectivity index (χ3n) is 3.21. The highest BCUT2D eigenvalue weighted by Crippen LogP contribution is 2.22. The lowest BCUT2D eigenvalue weighted by atomic mass is 10.0. The van der Waals surface area contributed by atoms with Crippen LogP contribution in [0, 0.1) is 0 Å². The van der Waals surface area contributed by atoms with Gasteiger partial charge in [0.1, 0.15) is 6.61 Å². The van der Waals surface area contributed by atoms with Crippen molar-refractivity contribution in [3.8, 4) is 0 Å². The Morgan fingerprint density at radius 3 is 2.63 bits per heavy atom. The molecule has 0 bridgehead atoms. The number of nitrogens with zero attached hydrogens (tertiary/aromatic N) is 1. The van der Waals surface area contributed by atoms with Gasteiger partial charge in [-0.3, -0.25) is 4.79 Å². The lowest BCUT2D eigenvalue weighted by Gasteiger charge is -2.39. The average Bonchev–Trinajstić information content (AvgIpc) is 2.42. The predicted octanol–water partition coefficient (Wildman–Crippen LogP) is 1.96. The Labute approximate surface area is 112 Å². The number of carbonyl (C=O) groups is 2. The number of ether oxygens (including phenoxy) is 2. The molecule has 19 heavy (non-hydrogen) atoms. The molecule has 0 radical (unpaired) electrons. The second kappa shape index (κ2) is 6.22. The Morgan fingerprint density at radius 2 is 2.05 bits per heavy atom. The van der Waals surface area contributed by atoms with E-state index >= 15 is 0 Å². The van der Waals surface area contributed by atoms with Gasteiger partial charge in [-0.15, -0.1) is 0 Å². The summed E-state index contributed by atoms with van der Waals surface area (Å²) in [7, 11) is 1.35. The maximum absolute atomic E-state index is 11.8. The molecule has 102 valence electrons. The zero-order chi connectivity index (χ0) is 13.7. The summed E-state index contributed by atoms with van der Waals surface area (Å²) in [6, 6.07) is 9.41. The largest absolute Gasteiger partial charge is 0.469 e. The van der Waals surface area contributed by atoms with Crippen molar-refractivity contribution < 1.29 is 19.1 Å². The Bertz CT molecular complexity index is 446. The van der Waals surface area contributed by atoms with E-state index in [4.69, 9.17) is 4.74 Å². The number of benzene rings is 1. The highest BCUT2D eigenvalue weighted by atomic mass is 16.6. The van der Waals surface area contributed by atoms with Gasteiger partial charge in [-0.05, 0) is 12.0 Å². The SMILES string of the molecule is COC(=O)C[C@@H]1CCN1C(=O)OCc1ccccc1. The van der Waals surface area contributed by atoms with Crippen molar-refractivity contribution in [1.82, 2.24) is 4.90 Å². The zero-order valence-corrected chi connectivity index (χ0v) is 10.9. The van der Waals surface area contributed by atoms with Crippen LogP contribution in [-0.4, -0.2) is 36.7 Å². The standard InChI is InChI=1S/C14H17NO4/c1-18-13(16)9-12-7-8-15(12)14(17)19-10-11-5-3-2-4-6-11/h2-6,12H,7-10H2,1H3/t12-/m0/s1. The first-order valence-electron chi connectivity index (χ1n) is 6.25. The number of rotatable bonds is 4. The molecule has 1 atom stereocenters. The van der Waals surface area contributed by atoms with Gasteiger partial charge >= 0.3 is 12.1 Å². The molecule has 0 saturated carbocycles. The second-order valence-electron chi connectivity index (χ2n) is 4.46. The molecular weight excluding hydrogens is 246 g/mol. The highest BCUT2D eigenvalue weighted by molar-refractivity contribution is 5.73. The minimum Gasteiger partial charge on any atom is -0.469 e. The van der Waals surface area contributed by atoms with Crippen LogP contribution < -0.4 is 0 Å². The summed E-state index contributed by atoms with van der Waals surface area (Å²) in [6.45, 7) is 0.885. The van der Waals surface area contributed by atoms with E-state index in [1.807, 2.05) is 30.3 Å². The van der Waals surface area contributed by atoms with Crippen molar-refractivity contribution in [2.24, 2.45) is 0 Å². The van der Waals surface area contributed by atoms with E-state index in [-0.39, 0.29) is 31.1 Å². The molecule has 0 spiro atoms. The maximum atomic E-state index is 11.8. The molecule has 1 fully saturated rings. The molecular formula is C14H17NO4. The molecule has 1 aromatic rings. The maximum Gasteiger partial charge on any atom is 0.410 e. The molecule has 5 heteroatoms. The Hall–Kier alpha value is -2.04. The molecule has 1 heterocycles. The van der Waals surface area contributed by atoms with Crippen molar-refractivity contribution in [3.05, 3.63) is 35.9 Å². The Kier molecular flexibility index (Phi) is 4.39. The molecule has 0 aliphatic carbocycles. The van der Waals surface area contributed by atoms with E-state index in [2.05, 4.69) is 4.74 Å². The summed E-state index contributed by atoms with van der Waals surface area (Å²) >= 11 is 0. The predicted molar refractivity (Wildman–Crippen MR) is 68.4 cm³/mol. The third-order valence-corrected chi connectivity index (χ3v) is 3.21. The number of hydrogen-bond donors (Lipinski definition) is 0. The van der Waals surface area contributed by atoms with Crippen molar-refractivity contribution in [3.63, 3.8) is 0 Å². The monoisotopic (exact) mass is 263 g/mol. The smallest absolute Gasteiger partial charge is 0.410 e. The van der Waals surface area contributed by atoms with Gasteiger partial charge in [0.05, 0.1) is 13.5 Å². The molecule has 1 amide bonds. The normalized spacial score (nSPS) is 17.5. The number of hydrogen-bond acceptors (Lipinski definition) is 4. The van der Waals surface area contributed by atoms with Crippen LogP contribution in [0.4, 0.5) is 4.79 Å². The molecule has 0 aromatic heterocycles. The quantitative estimate of drug-likeness (QED) is 0.779. The van der Waals surface area contributed by atoms with Crippen LogP contribution >= 0.6 is 0 Å². The topological polar surface area (TPSA) is 55.8 Å². The van der Waals surface area contributed by atoms with Crippen LogP contribution in [0.15, 0.2) is 30.3 Å². The van der Waals surface area contributed by atoms with Crippen molar-refractivity contribution in [2.75, 3.05) is 13.7 Å². The molecule has 0 N–H and O–H groups in total. The molecule has 1 aliphatic rings. The number of esters is 1. The van der Waals surface area contributed by atoms with Crippen LogP contribution in [0.5, 0.6) is 0 Å². The molecule has 0 unspecified atom stereocenters. The van der Waals surface area contributed by atoms with Crippen molar-refractivity contribution >= 4 is 12.1 Å². The van der Waals surface area contributed by atoms with Crippen molar-refractivity contribution in [1.29, 1.82) is 0 Å². The lowest BCUT2D eigenvalue weighted by Crippen LogP contribution is -2.52. The van der Waals surface area contributed by atoms with Crippen LogP contribution in [0.2, 0.25) is 0 Å². The number of carbonyl (C=O) groups excluding carboxylic acids is 2. The highest BCUT2D eigenvalue weighted by Gasteiger charge is 2.35. The zero-order valence-electron chi connectivity index (χ0n) is 10.9. The Balaban J connectivity index is 1.79. The van der Waals surface area contributed by atoms with Gasteiger partial charge < -0.3 is 14.4 Å². The summed E-state index contributed by atoms with van der Waals surface area (Å²) in [5.41, 5.74) is 0.945. The number of amides is 1. The minimum atomic E-state index is -0.371. The van der Waals surface area contributed by atoms with Gasteiger partial charge in [0.15, 0.2) is 0 Å². The molecule has 1 aliphatic heterocycles. The fourth-order valence-electron chi connectivity index (χ4n) is 1.97. The fourth-order valence-corrected chi connectivity index (χ4v) is 1.97.